The first-order chi connectivity index (χ1) is 11.0. The van der Waals surface area contributed by atoms with Crippen molar-refractivity contribution in [2.24, 2.45) is 0 Å². The minimum Gasteiger partial charge on any atom is -0.325 e. The maximum absolute atomic E-state index is 12.9. The van der Waals surface area contributed by atoms with Gasteiger partial charge in [-0.25, -0.2) is 9.78 Å². The molecule has 0 N–H and O–H groups in total. The molecule has 146 valence electrons. The molecule has 1 rings (SSSR count). The number of nitrogens with zero attached hydrogens (tertiary/aromatic N) is 4. The molecule has 0 fully saturated rings. The van der Waals surface area contributed by atoms with E-state index in [1.807, 2.05) is 49.6 Å². The van der Waals surface area contributed by atoms with Crippen LogP contribution in [0.1, 0.15) is 39.0 Å². The first-order valence-electron chi connectivity index (χ1n) is 8.70. The first kappa shape index (κ1) is 26.2. The van der Waals surface area contributed by atoms with E-state index in [2.05, 4.69) is 23.7 Å². The topological polar surface area (TPSA) is 39.7 Å². The van der Waals surface area contributed by atoms with Crippen molar-refractivity contribution in [3.8, 4) is 0 Å². The van der Waals surface area contributed by atoms with Crippen molar-refractivity contribution in [1.82, 2.24) is 14.8 Å². The molecule has 0 aromatic carbocycles. The summed E-state index contributed by atoms with van der Waals surface area (Å²) >= 11 is 0. The Morgan fingerprint density at radius 3 is 1.92 bits per heavy atom. The highest BCUT2D eigenvalue weighted by molar-refractivity contribution is 5.91. The van der Waals surface area contributed by atoms with E-state index >= 15 is 0 Å². The highest BCUT2D eigenvalue weighted by atomic mass is 35.5. The second kappa shape index (κ2) is 13.2. The summed E-state index contributed by atoms with van der Waals surface area (Å²) in [6, 6.07) is 4.07. The molecule has 0 aliphatic carbocycles. The molecule has 0 aliphatic rings. The Labute approximate surface area is 165 Å². The van der Waals surface area contributed by atoms with Gasteiger partial charge in [-0.15, -0.1) is 24.8 Å². The van der Waals surface area contributed by atoms with E-state index < -0.39 is 0 Å². The van der Waals surface area contributed by atoms with E-state index in [4.69, 9.17) is 0 Å². The first-order valence-corrected chi connectivity index (χ1v) is 8.70. The lowest BCUT2D eigenvalue weighted by molar-refractivity contribution is 0.208. The van der Waals surface area contributed by atoms with Gasteiger partial charge in [0.1, 0.15) is 5.82 Å². The molecule has 0 unspecified atom stereocenters. The number of pyridine rings is 1. The molecule has 25 heavy (non-hydrogen) atoms. The van der Waals surface area contributed by atoms with Crippen LogP contribution in [0.3, 0.4) is 0 Å². The molecule has 5 nitrogen and oxygen atoms in total. The van der Waals surface area contributed by atoms with E-state index in [9.17, 15) is 4.79 Å². The second-order valence-electron chi connectivity index (χ2n) is 5.78. The van der Waals surface area contributed by atoms with E-state index in [0.29, 0.717) is 19.6 Å². The zero-order valence-corrected chi connectivity index (χ0v) is 18.0. The molecule has 2 amide bonds. The minimum absolute atomic E-state index is 0. The van der Waals surface area contributed by atoms with Crippen LogP contribution in [0.15, 0.2) is 12.1 Å². The van der Waals surface area contributed by atoms with Gasteiger partial charge in [-0.1, -0.05) is 13.8 Å². The van der Waals surface area contributed by atoms with Crippen molar-refractivity contribution in [3.63, 3.8) is 0 Å². The zero-order chi connectivity index (χ0) is 17.4. The highest BCUT2D eigenvalue weighted by Gasteiger charge is 2.22. The molecule has 0 atom stereocenters. The van der Waals surface area contributed by atoms with Crippen molar-refractivity contribution in [2.75, 3.05) is 44.2 Å². The summed E-state index contributed by atoms with van der Waals surface area (Å²) in [4.78, 5) is 23.5. The molecule has 1 heterocycles. The summed E-state index contributed by atoms with van der Waals surface area (Å²) < 4.78 is 0. The van der Waals surface area contributed by atoms with E-state index in [1.54, 1.807) is 0 Å². The Morgan fingerprint density at radius 2 is 1.48 bits per heavy atom. The normalized spacial score (nSPS) is 10.0. The predicted molar refractivity (Wildman–Crippen MR) is 112 cm³/mol. The number of halogens is 2. The molecule has 0 saturated carbocycles. The van der Waals surface area contributed by atoms with Gasteiger partial charge in [0.05, 0.1) is 0 Å². The van der Waals surface area contributed by atoms with Crippen molar-refractivity contribution in [2.45, 2.75) is 41.5 Å². The van der Waals surface area contributed by atoms with E-state index in [-0.39, 0.29) is 30.8 Å². The summed E-state index contributed by atoms with van der Waals surface area (Å²) in [6.07, 6.45) is 0. The number of carbonyl (C=O) groups excluding carboxylic acids is 1. The molecule has 0 radical (unpaired) electrons. The van der Waals surface area contributed by atoms with Gasteiger partial charge in [0, 0.05) is 31.9 Å². The number of hydrogen-bond donors (Lipinski definition) is 0. The highest BCUT2D eigenvalue weighted by Crippen LogP contribution is 2.16. The number of rotatable bonds is 8. The molecule has 0 spiro atoms. The van der Waals surface area contributed by atoms with Crippen LogP contribution in [0.5, 0.6) is 0 Å². The third kappa shape index (κ3) is 7.80. The maximum atomic E-state index is 12.9. The lowest BCUT2D eigenvalue weighted by Gasteiger charge is -2.30. The number of carbonyl (C=O) groups is 1. The Kier molecular flexibility index (Phi) is 13.8. The van der Waals surface area contributed by atoms with Crippen molar-refractivity contribution < 1.29 is 4.79 Å². The lowest BCUT2D eigenvalue weighted by atomic mass is 10.2. The van der Waals surface area contributed by atoms with Crippen LogP contribution in [-0.4, -0.2) is 60.1 Å². The van der Waals surface area contributed by atoms with Gasteiger partial charge in [-0.2, -0.15) is 0 Å². The number of aromatic nitrogens is 1. The SMILES string of the molecule is CCN(CC)CCN(C(=O)N(CC)CC)c1cc(C)cc(C)n1.Cl.Cl. The van der Waals surface area contributed by atoms with E-state index in [1.165, 1.54) is 0 Å². The van der Waals surface area contributed by atoms with Gasteiger partial charge in [-0.3, -0.25) is 4.90 Å². The number of anilines is 1. The fourth-order valence-electron chi connectivity index (χ4n) is 2.71. The third-order valence-corrected chi connectivity index (χ3v) is 4.16. The Balaban J connectivity index is 0. The average molecular weight is 393 g/mol. The Bertz CT molecular complexity index is 486. The largest absolute Gasteiger partial charge is 0.325 e. The maximum Gasteiger partial charge on any atom is 0.325 e. The summed E-state index contributed by atoms with van der Waals surface area (Å²) in [5.74, 6) is 0.756. The quantitative estimate of drug-likeness (QED) is 0.666. The zero-order valence-electron chi connectivity index (χ0n) is 16.4. The van der Waals surface area contributed by atoms with Gasteiger partial charge < -0.3 is 9.80 Å². The lowest BCUT2D eigenvalue weighted by Crippen LogP contribution is -2.46. The molecular formula is C18H34Cl2N4O. The van der Waals surface area contributed by atoms with Crippen molar-refractivity contribution in [1.29, 1.82) is 0 Å². The van der Waals surface area contributed by atoms with Gasteiger partial charge in [0.15, 0.2) is 0 Å². The van der Waals surface area contributed by atoms with Crippen molar-refractivity contribution in [3.05, 3.63) is 23.4 Å². The molecule has 7 heteroatoms. The molecule has 1 aromatic rings. The average Bonchev–Trinajstić information content (AvgIpc) is 2.51. The Morgan fingerprint density at radius 1 is 0.920 bits per heavy atom. The summed E-state index contributed by atoms with van der Waals surface area (Å²) in [5, 5.41) is 0. The Hall–Kier alpha value is -1.04. The molecule has 0 bridgehead atoms. The van der Waals surface area contributed by atoms with Crippen LogP contribution in [0.4, 0.5) is 10.6 Å². The number of aryl methyl sites for hydroxylation is 2. The smallest absolute Gasteiger partial charge is 0.325 e. The van der Waals surface area contributed by atoms with Crippen LogP contribution in [0.25, 0.3) is 0 Å². The molecule has 1 aromatic heterocycles. The molecular weight excluding hydrogens is 359 g/mol. The number of likely N-dealkylation sites (N-methyl/N-ethyl adjacent to an activating group) is 1. The fraction of sp³-hybridized carbons (Fsp3) is 0.667. The van der Waals surface area contributed by atoms with Gasteiger partial charge in [0.25, 0.3) is 0 Å². The van der Waals surface area contributed by atoms with Gasteiger partial charge >= 0.3 is 6.03 Å². The standard InChI is InChI=1S/C18H32N4O.2ClH/c1-7-20(8-2)11-12-22(18(23)21(9-3)10-4)17-14-15(5)13-16(6)19-17;;/h13-14H,7-12H2,1-6H3;2*1H. The van der Waals surface area contributed by atoms with Crippen LogP contribution >= 0.6 is 24.8 Å². The summed E-state index contributed by atoms with van der Waals surface area (Å²) in [7, 11) is 0. The third-order valence-electron chi connectivity index (χ3n) is 4.16. The van der Waals surface area contributed by atoms with Crippen molar-refractivity contribution >= 4 is 36.7 Å². The minimum atomic E-state index is 0. The summed E-state index contributed by atoms with van der Waals surface area (Å²) in [5.41, 5.74) is 2.08. The van der Waals surface area contributed by atoms with Crippen LogP contribution < -0.4 is 4.90 Å². The van der Waals surface area contributed by atoms with E-state index in [0.717, 1.165) is 36.7 Å². The predicted octanol–water partition coefficient (Wildman–Crippen LogP) is 4.15. The van der Waals surface area contributed by atoms with Gasteiger partial charge in [0.2, 0.25) is 0 Å². The number of amides is 2. The van der Waals surface area contributed by atoms with Crippen LogP contribution in [0.2, 0.25) is 0 Å². The summed E-state index contributed by atoms with van der Waals surface area (Å²) in [6.45, 7) is 17.3. The number of urea groups is 1. The van der Waals surface area contributed by atoms with Crippen LogP contribution in [-0.2, 0) is 0 Å². The fourth-order valence-corrected chi connectivity index (χ4v) is 2.71. The van der Waals surface area contributed by atoms with Crippen LogP contribution in [0, 0.1) is 13.8 Å². The molecule has 0 aliphatic heterocycles. The number of hydrogen-bond acceptors (Lipinski definition) is 3. The second-order valence-corrected chi connectivity index (χ2v) is 5.78. The van der Waals surface area contributed by atoms with Gasteiger partial charge in [-0.05, 0) is 58.5 Å². The monoisotopic (exact) mass is 392 g/mol. The molecule has 0 saturated heterocycles.